The first-order chi connectivity index (χ1) is 10.0. The molecule has 1 aliphatic heterocycles. The molecule has 0 fully saturated rings. The molecule has 0 aliphatic carbocycles. The van der Waals surface area contributed by atoms with Gasteiger partial charge in [-0.05, 0) is 30.3 Å². The number of benzene rings is 1. The van der Waals surface area contributed by atoms with E-state index < -0.39 is 11.5 Å². The van der Waals surface area contributed by atoms with Crippen molar-refractivity contribution in [1.29, 1.82) is 0 Å². The number of rotatable bonds is 3. The lowest BCUT2D eigenvalue weighted by Gasteiger charge is -2.20. The number of nitrogens with one attached hydrogen (secondary N) is 1. The second-order valence-electron chi connectivity index (χ2n) is 4.84. The molecule has 0 bridgehead atoms. The van der Waals surface area contributed by atoms with E-state index in [1.54, 1.807) is 12.1 Å². The fourth-order valence-electron chi connectivity index (χ4n) is 2.36. The lowest BCUT2D eigenvalue weighted by atomic mass is 9.88. The number of carbonyl (C=O) groups is 2. The van der Waals surface area contributed by atoms with Crippen LogP contribution in [0.5, 0.6) is 0 Å². The van der Waals surface area contributed by atoms with Gasteiger partial charge in [-0.15, -0.1) is 0 Å². The van der Waals surface area contributed by atoms with Crippen LogP contribution >= 0.6 is 11.6 Å². The topological polar surface area (TPSA) is 79.3 Å². The summed E-state index contributed by atoms with van der Waals surface area (Å²) < 4.78 is 0. The highest BCUT2D eigenvalue weighted by Crippen LogP contribution is 2.40. The lowest BCUT2D eigenvalue weighted by Crippen LogP contribution is -2.36. The van der Waals surface area contributed by atoms with Crippen LogP contribution in [-0.2, 0) is 10.4 Å². The number of aromatic nitrogens is 1. The van der Waals surface area contributed by atoms with Gasteiger partial charge in [-0.3, -0.25) is 14.6 Å². The molecule has 3 rings (SSSR count). The van der Waals surface area contributed by atoms with Crippen molar-refractivity contribution in [3.8, 4) is 0 Å². The van der Waals surface area contributed by atoms with E-state index in [0.717, 1.165) is 0 Å². The molecule has 21 heavy (non-hydrogen) atoms. The van der Waals surface area contributed by atoms with E-state index in [0.29, 0.717) is 21.8 Å². The van der Waals surface area contributed by atoms with Gasteiger partial charge in [0, 0.05) is 34.2 Å². The maximum absolute atomic E-state index is 12.2. The van der Waals surface area contributed by atoms with Crippen LogP contribution in [0, 0.1) is 0 Å². The Morgan fingerprint density at radius 3 is 2.71 bits per heavy atom. The monoisotopic (exact) mass is 302 g/mol. The summed E-state index contributed by atoms with van der Waals surface area (Å²) in [7, 11) is 0. The molecule has 5 nitrogen and oxygen atoms in total. The summed E-state index contributed by atoms with van der Waals surface area (Å²) >= 11 is 5.91. The van der Waals surface area contributed by atoms with E-state index in [-0.39, 0.29) is 12.2 Å². The average molecular weight is 303 g/mol. The van der Waals surface area contributed by atoms with E-state index in [9.17, 15) is 14.7 Å². The highest BCUT2D eigenvalue weighted by Gasteiger charge is 2.46. The van der Waals surface area contributed by atoms with E-state index in [1.165, 1.54) is 30.6 Å². The van der Waals surface area contributed by atoms with Gasteiger partial charge >= 0.3 is 0 Å². The van der Waals surface area contributed by atoms with E-state index in [1.807, 2.05) is 0 Å². The van der Waals surface area contributed by atoms with Crippen LogP contribution in [-0.4, -0.2) is 21.8 Å². The molecule has 0 unspecified atom stereocenters. The number of ketones is 1. The number of hydrogen-bond donors (Lipinski definition) is 2. The molecule has 2 heterocycles. The lowest BCUT2D eigenvalue weighted by molar-refractivity contribution is -0.133. The van der Waals surface area contributed by atoms with Gasteiger partial charge in [0.2, 0.25) is 0 Å². The molecule has 6 heteroatoms. The molecule has 2 aromatic rings. The predicted molar refractivity (Wildman–Crippen MR) is 77.2 cm³/mol. The summed E-state index contributed by atoms with van der Waals surface area (Å²) in [5, 5.41) is 13.6. The number of hydrogen-bond acceptors (Lipinski definition) is 4. The number of carbonyl (C=O) groups excluding carboxylic acids is 2. The Morgan fingerprint density at radius 2 is 2.00 bits per heavy atom. The normalized spacial score (nSPS) is 20.0. The fraction of sp³-hybridized carbons (Fsp3) is 0.133. The summed E-state index contributed by atoms with van der Waals surface area (Å²) in [5.74, 6) is -0.968. The van der Waals surface area contributed by atoms with Gasteiger partial charge in [-0.25, -0.2) is 0 Å². The highest BCUT2D eigenvalue weighted by molar-refractivity contribution is 6.31. The van der Waals surface area contributed by atoms with E-state index >= 15 is 0 Å². The number of amides is 1. The summed E-state index contributed by atoms with van der Waals surface area (Å²) in [6.07, 6.45) is 2.61. The fourth-order valence-corrected chi connectivity index (χ4v) is 2.54. The van der Waals surface area contributed by atoms with Crippen molar-refractivity contribution in [2.75, 3.05) is 5.32 Å². The van der Waals surface area contributed by atoms with Crippen molar-refractivity contribution in [1.82, 2.24) is 4.98 Å². The van der Waals surface area contributed by atoms with Gasteiger partial charge in [-0.1, -0.05) is 11.6 Å². The molecular formula is C15H11ClN2O3. The quantitative estimate of drug-likeness (QED) is 0.851. The van der Waals surface area contributed by atoms with Crippen LogP contribution in [0.25, 0.3) is 0 Å². The highest BCUT2D eigenvalue weighted by atomic mass is 35.5. The molecule has 1 aliphatic rings. The third-order valence-electron chi connectivity index (χ3n) is 3.47. The number of nitrogens with zero attached hydrogens (tertiary/aromatic N) is 1. The smallest absolute Gasteiger partial charge is 0.261 e. The maximum atomic E-state index is 12.2. The molecule has 106 valence electrons. The minimum absolute atomic E-state index is 0.322. The standard InChI is InChI=1S/C15H11ClN2O3/c16-10-1-2-12-11(7-10)15(21,14(20)18-12)8-13(19)9-3-5-17-6-4-9/h1-7,21H,8H2,(H,18,20)/t15-/m1/s1. The summed E-state index contributed by atoms with van der Waals surface area (Å²) in [6.45, 7) is 0. The summed E-state index contributed by atoms with van der Waals surface area (Å²) in [6, 6.07) is 7.78. The summed E-state index contributed by atoms with van der Waals surface area (Å²) in [4.78, 5) is 28.1. The first kappa shape index (κ1) is 13.7. The maximum Gasteiger partial charge on any atom is 0.261 e. The SMILES string of the molecule is O=C(C[C@]1(O)C(=O)Nc2ccc(Cl)cc21)c1ccncc1. The minimum atomic E-state index is -1.90. The van der Waals surface area contributed by atoms with Crippen LogP contribution in [0.15, 0.2) is 42.7 Å². The van der Waals surface area contributed by atoms with Crippen LogP contribution < -0.4 is 5.32 Å². The van der Waals surface area contributed by atoms with Crippen molar-refractivity contribution in [3.05, 3.63) is 58.9 Å². The zero-order valence-corrected chi connectivity index (χ0v) is 11.6. The molecule has 0 saturated carbocycles. The summed E-state index contributed by atoms with van der Waals surface area (Å²) in [5.41, 5.74) is -0.723. The first-order valence-corrected chi connectivity index (χ1v) is 6.65. The number of aliphatic hydroxyl groups is 1. The van der Waals surface area contributed by atoms with Crippen molar-refractivity contribution in [2.45, 2.75) is 12.0 Å². The zero-order chi connectivity index (χ0) is 15.0. The van der Waals surface area contributed by atoms with Crippen LogP contribution in [0.1, 0.15) is 22.3 Å². The Labute approximate surface area is 125 Å². The van der Waals surface area contributed by atoms with E-state index in [4.69, 9.17) is 11.6 Å². The second kappa shape index (κ2) is 4.95. The second-order valence-corrected chi connectivity index (χ2v) is 5.28. The number of pyridine rings is 1. The molecule has 1 amide bonds. The van der Waals surface area contributed by atoms with Gasteiger partial charge < -0.3 is 10.4 Å². The number of Topliss-reactive ketones (excluding diaryl/α,β-unsaturated/α-hetero) is 1. The molecule has 1 aromatic carbocycles. The molecule has 0 saturated heterocycles. The number of fused-ring (bicyclic) bond motifs is 1. The Morgan fingerprint density at radius 1 is 1.29 bits per heavy atom. The van der Waals surface area contributed by atoms with E-state index in [2.05, 4.69) is 10.3 Å². The molecular weight excluding hydrogens is 292 g/mol. The van der Waals surface area contributed by atoms with Gasteiger partial charge in [0.25, 0.3) is 5.91 Å². The zero-order valence-electron chi connectivity index (χ0n) is 10.8. The third kappa shape index (κ3) is 2.30. The molecule has 1 atom stereocenters. The van der Waals surface area contributed by atoms with Gasteiger partial charge in [0.15, 0.2) is 11.4 Å². The molecule has 0 radical (unpaired) electrons. The number of halogens is 1. The first-order valence-electron chi connectivity index (χ1n) is 6.28. The van der Waals surface area contributed by atoms with Crippen LogP contribution in [0.2, 0.25) is 5.02 Å². The Kier molecular flexibility index (Phi) is 3.23. The van der Waals surface area contributed by atoms with Crippen molar-refractivity contribution in [3.63, 3.8) is 0 Å². The Hall–Kier alpha value is -2.24. The predicted octanol–water partition coefficient (Wildman–Crippen LogP) is 2.15. The van der Waals surface area contributed by atoms with Crippen molar-refractivity contribution in [2.24, 2.45) is 0 Å². The molecule has 2 N–H and O–H groups in total. The molecule has 0 spiro atoms. The van der Waals surface area contributed by atoms with Crippen LogP contribution in [0.3, 0.4) is 0 Å². The van der Waals surface area contributed by atoms with Crippen LogP contribution in [0.4, 0.5) is 5.69 Å². The minimum Gasteiger partial charge on any atom is -0.375 e. The van der Waals surface area contributed by atoms with Crippen molar-refractivity contribution < 1.29 is 14.7 Å². The third-order valence-corrected chi connectivity index (χ3v) is 3.70. The van der Waals surface area contributed by atoms with Gasteiger partial charge in [0.05, 0.1) is 6.42 Å². The largest absolute Gasteiger partial charge is 0.375 e. The number of anilines is 1. The van der Waals surface area contributed by atoms with Gasteiger partial charge in [-0.2, -0.15) is 0 Å². The Balaban J connectivity index is 1.97. The average Bonchev–Trinajstić information content (AvgIpc) is 2.72. The molecule has 1 aromatic heterocycles. The Bertz CT molecular complexity index is 733. The van der Waals surface area contributed by atoms with Gasteiger partial charge in [0.1, 0.15) is 0 Å². The van der Waals surface area contributed by atoms with Crippen molar-refractivity contribution >= 4 is 29.0 Å².